The van der Waals surface area contributed by atoms with E-state index in [2.05, 4.69) is 26.5 Å². The molecule has 1 amide bonds. The molecule has 0 saturated heterocycles. The maximum absolute atomic E-state index is 12.1. The first-order valence-corrected chi connectivity index (χ1v) is 11.9. The number of methoxy groups -OCH3 is 1. The first-order valence-electron chi connectivity index (χ1n) is 10.4. The standard InChI is InChI=1S/C25H23BrCl2N2O4/c1-3-17-12-18(26)8-10-22(17)34-15-25(31)30-29-13-16-7-9-23(24(11-16)32-2)33-14-19-20(27)5-4-6-21(19)28/h4-13H,3,14-15H2,1-2H3,(H,30,31)/b29-13+. The van der Waals surface area contributed by atoms with Crippen molar-refractivity contribution in [1.29, 1.82) is 0 Å². The lowest BCUT2D eigenvalue weighted by Gasteiger charge is -2.13. The van der Waals surface area contributed by atoms with Crippen LogP contribution in [0.1, 0.15) is 23.6 Å². The third-order valence-electron chi connectivity index (χ3n) is 4.79. The van der Waals surface area contributed by atoms with Gasteiger partial charge in [0, 0.05) is 20.1 Å². The molecule has 0 saturated carbocycles. The van der Waals surface area contributed by atoms with Gasteiger partial charge in [0.15, 0.2) is 18.1 Å². The molecular weight excluding hydrogens is 543 g/mol. The Hall–Kier alpha value is -2.74. The highest BCUT2D eigenvalue weighted by molar-refractivity contribution is 9.10. The van der Waals surface area contributed by atoms with Crippen molar-refractivity contribution >= 4 is 51.3 Å². The Morgan fingerprint density at radius 2 is 1.76 bits per heavy atom. The van der Waals surface area contributed by atoms with Gasteiger partial charge in [0.25, 0.3) is 5.91 Å². The number of ether oxygens (including phenoxy) is 3. The quantitative estimate of drug-likeness (QED) is 0.227. The van der Waals surface area contributed by atoms with E-state index in [1.54, 1.807) is 36.4 Å². The normalized spacial score (nSPS) is 10.9. The second-order valence-electron chi connectivity index (χ2n) is 7.09. The van der Waals surface area contributed by atoms with Crippen LogP contribution in [0.15, 0.2) is 64.2 Å². The van der Waals surface area contributed by atoms with E-state index in [1.807, 2.05) is 25.1 Å². The molecule has 9 heteroatoms. The van der Waals surface area contributed by atoms with Crippen molar-refractivity contribution in [2.75, 3.05) is 13.7 Å². The van der Waals surface area contributed by atoms with Gasteiger partial charge in [0.2, 0.25) is 0 Å². The minimum Gasteiger partial charge on any atom is -0.493 e. The molecule has 0 unspecified atom stereocenters. The summed E-state index contributed by atoms with van der Waals surface area (Å²) in [7, 11) is 1.54. The highest BCUT2D eigenvalue weighted by atomic mass is 79.9. The maximum Gasteiger partial charge on any atom is 0.277 e. The second kappa shape index (κ2) is 12.6. The monoisotopic (exact) mass is 564 g/mol. The summed E-state index contributed by atoms with van der Waals surface area (Å²) in [5.41, 5.74) is 4.87. The summed E-state index contributed by atoms with van der Waals surface area (Å²) >= 11 is 15.8. The maximum atomic E-state index is 12.1. The van der Waals surface area contributed by atoms with E-state index in [9.17, 15) is 4.79 Å². The molecule has 0 bridgehead atoms. The molecule has 0 aliphatic rings. The number of amides is 1. The molecule has 178 valence electrons. The first kappa shape index (κ1) is 25.9. The molecule has 0 radical (unpaired) electrons. The zero-order valence-corrected chi connectivity index (χ0v) is 21.7. The summed E-state index contributed by atoms with van der Waals surface area (Å²) in [5, 5.41) is 5.05. The van der Waals surface area contributed by atoms with Gasteiger partial charge in [-0.25, -0.2) is 5.43 Å². The van der Waals surface area contributed by atoms with Crippen molar-refractivity contribution < 1.29 is 19.0 Å². The molecule has 0 aliphatic heterocycles. The van der Waals surface area contributed by atoms with Crippen LogP contribution in [0.4, 0.5) is 0 Å². The molecule has 3 aromatic carbocycles. The highest BCUT2D eigenvalue weighted by Crippen LogP contribution is 2.31. The Morgan fingerprint density at radius 1 is 1.03 bits per heavy atom. The third kappa shape index (κ3) is 7.13. The Labute approximate surface area is 216 Å². The molecule has 0 aromatic heterocycles. The number of aryl methyl sites for hydroxylation is 1. The third-order valence-corrected chi connectivity index (χ3v) is 5.99. The Morgan fingerprint density at radius 3 is 2.47 bits per heavy atom. The molecular formula is C25H23BrCl2N2O4. The van der Waals surface area contributed by atoms with Crippen LogP contribution in [-0.4, -0.2) is 25.8 Å². The van der Waals surface area contributed by atoms with Crippen molar-refractivity contribution in [3.05, 3.63) is 85.8 Å². The van der Waals surface area contributed by atoms with Crippen LogP contribution in [0.2, 0.25) is 10.0 Å². The lowest BCUT2D eigenvalue weighted by molar-refractivity contribution is -0.123. The summed E-state index contributed by atoms with van der Waals surface area (Å²) in [6, 6.07) is 16.2. The van der Waals surface area contributed by atoms with Gasteiger partial charge in [-0.3, -0.25) is 4.79 Å². The summed E-state index contributed by atoms with van der Waals surface area (Å²) < 4.78 is 17.8. The molecule has 0 spiro atoms. The number of carbonyl (C=O) groups is 1. The van der Waals surface area contributed by atoms with E-state index in [1.165, 1.54) is 13.3 Å². The number of nitrogens with one attached hydrogen (secondary N) is 1. The van der Waals surface area contributed by atoms with E-state index in [0.29, 0.717) is 38.4 Å². The van der Waals surface area contributed by atoms with Crippen LogP contribution in [0.3, 0.4) is 0 Å². The average molecular weight is 566 g/mol. The second-order valence-corrected chi connectivity index (χ2v) is 8.82. The van der Waals surface area contributed by atoms with E-state index >= 15 is 0 Å². The van der Waals surface area contributed by atoms with Gasteiger partial charge < -0.3 is 14.2 Å². The molecule has 1 N–H and O–H groups in total. The van der Waals surface area contributed by atoms with Crippen molar-refractivity contribution in [2.45, 2.75) is 20.0 Å². The van der Waals surface area contributed by atoms with Crippen LogP contribution in [0.5, 0.6) is 17.2 Å². The van der Waals surface area contributed by atoms with Crippen LogP contribution >= 0.6 is 39.1 Å². The number of hydrogen-bond donors (Lipinski definition) is 1. The first-order chi connectivity index (χ1) is 16.4. The van der Waals surface area contributed by atoms with E-state index in [4.69, 9.17) is 37.4 Å². The van der Waals surface area contributed by atoms with Crippen LogP contribution in [-0.2, 0) is 17.8 Å². The molecule has 6 nitrogen and oxygen atoms in total. The van der Waals surface area contributed by atoms with Gasteiger partial charge in [-0.15, -0.1) is 0 Å². The molecule has 0 fully saturated rings. The smallest absolute Gasteiger partial charge is 0.277 e. The molecule has 3 aromatic rings. The Kier molecular flexibility index (Phi) is 9.62. The fourth-order valence-corrected chi connectivity index (χ4v) is 3.94. The summed E-state index contributed by atoms with van der Waals surface area (Å²) in [6.45, 7) is 2.07. The van der Waals surface area contributed by atoms with Gasteiger partial charge in [-0.1, -0.05) is 52.1 Å². The van der Waals surface area contributed by atoms with Crippen molar-refractivity contribution in [2.24, 2.45) is 5.10 Å². The Bertz CT molecular complexity index is 1170. The fourth-order valence-electron chi connectivity index (χ4n) is 3.02. The summed E-state index contributed by atoms with van der Waals surface area (Å²) in [6.07, 6.45) is 2.30. The number of nitrogens with zero attached hydrogens (tertiary/aromatic N) is 1. The molecule has 3 rings (SSSR count). The Balaban J connectivity index is 1.56. The van der Waals surface area contributed by atoms with Crippen molar-refractivity contribution in [1.82, 2.24) is 5.43 Å². The number of halogens is 3. The average Bonchev–Trinajstić information content (AvgIpc) is 2.83. The zero-order valence-electron chi connectivity index (χ0n) is 18.6. The number of rotatable bonds is 10. The lowest BCUT2D eigenvalue weighted by atomic mass is 10.1. The van der Waals surface area contributed by atoms with E-state index in [-0.39, 0.29) is 19.1 Å². The molecule has 0 atom stereocenters. The van der Waals surface area contributed by atoms with E-state index < -0.39 is 0 Å². The largest absolute Gasteiger partial charge is 0.493 e. The van der Waals surface area contributed by atoms with Gasteiger partial charge in [0.05, 0.1) is 13.3 Å². The summed E-state index contributed by atoms with van der Waals surface area (Å²) in [5.74, 6) is 1.33. The summed E-state index contributed by atoms with van der Waals surface area (Å²) in [4.78, 5) is 12.1. The van der Waals surface area contributed by atoms with Crippen LogP contribution in [0.25, 0.3) is 0 Å². The minimum atomic E-state index is -0.371. The number of carbonyl (C=O) groups excluding carboxylic acids is 1. The molecule has 0 aliphatic carbocycles. The van der Waals surface area contributed by atoms with Gasteiger partial charge in [0.1, 0.15) is 12.4 Å². The predicted octanol–water partition coefficient (Wildman–Crippen LogP) is 6.44. The highest BCUT2D eigenvalue weighted by Gasteiger charge is 2.10. The van der Waals surface area contributed by atoms with Crippen molar-refractivity contribution in [3.8, 4) is 17.2 Å². The fraction of sp³-hybridized carbons (Fsp3) is 0.200. The topological polar surface area (TPSA) is 69.2 Å². The van der Waals surface area contributed by atoms with Crippen molar-refractivity contribution in [3.63, 3.8) is 0 Å². The molecule has 0 heterocycles. The number of hydrogen-bond acceptors (Lipinski definition) is 5. The van der Waals surface area contributed by atoms with Gasteiger partial charge in [-0.05, 0) is 66.1 Å². The SMILES string of the molecule is CCc1cc(Br)ccc1OCC(=O)N/N=C/c1ccc(OCc2c(Cl)cccc2Cl)c(OC)c1. The van der Waals surface area contributed by atoms with Gasteiger partial charge in [-0.2, -0.15) is 5.10 Å². The minimum absolute atomic E-state index is 0.146. The number of hydrazone groups is 1. The number of benzene rings is 3. The zero-order chi connectivity index (χ0) is 24.5. The lowest BCUT2D eigenvalue weighted by Crippen LogP contribution is -2.24. The van der Waals surface area contributed by atoms with Crippen LogP contribution in [0, 0.1) is 0 Å². The predicted molar refractivity (Wildman–Crippen MR) is 139 cm³/mol. The van der Waals surface area contributed by atoms with E-state index in [0.717, 1.165) is 16.5 Å². The molecule has 34 heavy (non-hydrogen) atoms. The van der Waals surface area contributed by atoms with Crippen LogP contribution < -0.4 is 19.6 Å². The van der Waals surface area contributed by atoms with Gasteiger partial charge >= 0.3 is 0 Å².